The van der Waals surface area contributed by atoms with E-state index in [2.05, 4.69) is 58.9 Å². The molecule has 3 heterocycles. The Balaban J connectivity index is 1.64. The maximum Gasteiger partial charge on any atom is 0.127 e. The molecule has 4 heteroatoms. The van der Waals surface area contributed by atoms with Gasteiger partial charge < -0.3 is 9.47 Å². The van der Waals surface area contributed by atoms with Crippen molar-refractivity contribution in [2.24, 2.45) is 0 Å². The van der Waals surface area contributed by atoms with Crippen LogP contribution < -0.4 is 9.47 Å². The first-order valence-corrected chi connectivity index (χ1v) is 10.8. The highest BCUT2D eigenvalue weighted by Crippen LogP contribution is 2.35. The number of benzene rings is 2. The molecule has 0 saturated carbocycles. The van der Waals surface area contributed by atoms with Crippen LogP contribution in [0.2, 0.25) is 0 Å². The van der Waals surface area contributed by atoms with Crippen molar-refractivity contribution in [3.8, 4) is 11.5 Å². The van der Waals surface area contributed by atoms with Crippen LogP contribution in [-0.2, 0) is 6.54 Å². The van der Waals surface area contributed by atoms with Crippen molar-refractivity contribution in [2.45, 2.75) is 31.5 Å². The van der Waals surface area contributed by atoms with Gasteiger partial charge in [0.25, 0.3) is 0 Å². The Morgan fingerprint density at radius 2 is 1.87 bits per heavy atom. The third-order valence-corrected chi connectivity index (χ3v) is 6.39. The van der Waals surface area contributed by atoms with Crippen molar-refractivity contribution in [3.63, 3.8) is 0 Å². The molecule has 3 aliphatic heterocycles. The van der Waals surface area contributed by atoms with Gasteiger partial charge in [-0.15, -0.1) is 6.58 Å². The maximum atomic E-state index is 5.68. The third kappa shape index (κ3) is 4.45. The molecule has 0 aromatic heterocycles. The first kappa shape index (κ1) is 20.7. The molecule has 0 N–H and O–H groups in total. The first-order chi connectivity index (χ1) is 14.7. The van der Waals surface area contributed by atoms with E-state index in [1.54, 1.807) is 14.2 Å². The molecule has 158 valence electrons. The summed E-state index contributed by atoms with van der Waals surface area (Å²) in [7, 11) is 3.43. The standard InChI is InChI=1S/C26H32N2O2/c1-4-14-27-19-25-21(15-20-8-6-5-7-9-20)10-12-23(27)18-28(25)17-22-11-13-24(29-2)16-26(22)30-3/h4-9,11,13,15-16,23,25H,1,10,12,14,17-19H2,2-3H3/b21-15-/t23-,25+/m0/s1. The minimum Gasteiger partial charge on any atom is -0.497 e. The fraction of sp³-hybridized carbons (Fsp3) is 0.385. The van der Waals surface area contributed by atoms with Gasteiger partial charge >= 0.3 is 0 Å². The zero-order chi connectivity index (χ0) is 20.9. The van der Waals surface area contributed by atoms with E-state index in [4.69, 9.17) is 9.47 Å². The third-order valence-electron chi connectivity index (χ3n) is 6.39. The highest BCUT2D eigenvalue weighted by Gasteiger charge is 2.38. The van der Waals surface area contributed by atoms with E-state index >= 15 is 0 Å². The average molecular weight is 405 g/mol. The van der Waals surface area contributed by atoms with Crippen LogP contribution in [-0.4, -0.2) is 55.7 Å². The Morgan fingerprint density at radius 1 is 1.03 bits per heavy atom. The topological polar surface area (TPSA) is 24.9 Å². The van der Waals surface area contributed by atoms with Gasteiger partial charge in [0, 0.05) is 49.9 Å². The molecule has 3 aliphatic rings. The minimum atomic E-state index is 0.399. The van der Waals surface area contributed by atoms with E-state index in [1.807, 2.05) is 18.2 Å². The molecular weight excluding hydrogens is 372 g/mol. The SMILES string of the molecule is C=CCN1C[C@@H]2/C(=C\c3ccccc3)CC[C@H]1CN2Cc1ccc(OC)cc1OC. The van der Waals surface area contributed by atoms with Crippen molar-refractivity contribution in [1.29, 1.82) is 0 Å². The van der Waals surface area contributed by atoms with E-state index in [-0.39, 0.29) is 0 Å². The van der Waals surface area contributed by atoms with Gasteiger partial charge in [-0.2, -0.15) is 0 Å². The summed E-state index contributed by atoms with van der Waals surface area (Å²) in [5.41, 5.74) is 4.03. The van der Waals surface area contributed by atoms with Gasteiger partial charge in [-0.25, -0.2) is 0 Å². The number of methoxy groups -OCH3 is 2. The van der Waals surface area contributed by atoms with Crippen molar-refractivity contribution in [1.82, 2.24) is 9.80 Å². The summed E-state index contributed by atoms with van der Waals surface area (Å²) in [6.07, 6.45) is 6.79. The number of hydrogen-bond donors (Lipinski definition) is 0. The van der Waals surface area contributed by atoms with E-state index in [0.717, 1.165) is 44.1 Å². The van der Waals surface area contributed by atoms with Gasteiger partial charge in [0.05, 0.1) is 14.2 Å². The molecule has 2 aromatic carbocycles. The predicted molar refractivity (Wildman–Crippen MR) is 123 cm³/mol. The normalized spacial score (nSPS) is 23.3. The molecular formula is C26H32N2O2. The van der Waals surface area contributed by atoms with Gasteiger partial charge in [0.15, 0.2) is 0 Å². The molecule has 0 radical (unpaired) electrons. The molecule has 0 amide bonds. The Morgan fingerprint density at radius 3 is 2.60 bits per heavy atom. The van der Waals surface area contributed by atoms with Crippen molar-refractivity contribution in [2.75, 3.05) is 33.9 Å². The maximum absolute atomic E-state index is 5.68. The largest absolute Gasteiger partial charge is 0.497 e. The fourth-order valence-corrected chi connectivity index (χ4v) is 4.82. The van der Waals surface area contributed by atoms with Gasteiger partial charge in [-0.1, -0.05) is 54.1 Å². The van der Waals surface area contributed by atoms with Crippen LogP contribution in [0, 0.1) is 0 Å². The summed E-state index contributed by atoms with van der Waals surface area (Å²) in [5.74, 6) is 1.72. The number of hydrogen-bond acceptors (Lipinski definition) is 4. The summed E-state index contributed by atoms with van der Waals surface area (Å²) in [4.78, 5) is 5.24. The zero-order valence-electron chi connectivity index (χ0n) is 18.1. The van der Waals surface area contributed by atoms with E-state index in [0.29, 0.717) is 12.1 Å². The molecule has 0 spiro atoms. The Hall–Kier alpha value is -2.56. The highest BCUT2D eigenvalue weighted by molar-refractivity contribution is 5.54. The highest BCUT2D eigenvalue weighted by atomic mass is 16.5. The molecule has 3 saturated heterocycles. The monoisotopic (exact) mass is 404 g/mol. The fourth-order valence-electron chi connectivity index (χ4n) is 4.82. The van der Waals surface area contributed by atoms with Crippen LogP contribution in [0.3, 0.4) is 0 Å². The summed E-state index contributed by atoms with van der Waals surface area (Å²) < 4.78 is 11.1. The number of nitrogens with zero attached hydrogens (tertiary/aromatic N) is 2. The van der Waals surface area contributed by atoms with Gasteiger partial charge in [-0.3, -0.25) is 9.80 Å². The zero-order valence-corrected chi connectivity index (χ0v) is 18.1. The number of ether oxygens (including phenoxy) is 2. The smallest absolute Gasteiger partial charge is 0.127 e. The van der Waals surface area contributed by atoms with Crippen LogP contribution in [0.4, 0.5) is 0 Å². The summed E-state index contributed by atoms with van der Waals surface area (Å²) in [6.45, 7) is 7.94. The van der Waals surface area contributed by atoms with Crippen molar-refractivity contribution >= 4 is 6.08 Å². The molecule has 2 atom stereocenters. The van der Waals surface area contributed by atoms with Crippen LogP contribution in [0.25, 0.3) is 6.08 Å². The molecule has 2 aromatic rings. The van der Waals surface area contributed by atoms with E-state index < -0.39 is 0 Å². The van der Waals surface area contributed by atoms with Gasteiger partial charge in [0.1, 0.15) is 11.5 Å². The Bertz CT molecular complexity index is 893. The van der Waals surface area contributed by atoms with Crippen LogP contribution in [0.5, 0.6) is 11.5 Å². The lowest BCUT2D eigenvalue weighted by Crippen LogP contribution is -2.56. The van der Waals surface area contributed by atoms with Crippen molar-refractivity contribution < 1.29 is 9.47 Å². The van der Waals surface area contributed by atoms with E-state index in [1.165, 1.54) is 23.1 Å². The Kier molecular flexibility index (Phi) is 6.56. The lowest BCUT2D eigenvalue weighted by Gasteiger charge is -2.44. The second kappa shape index (κ2) is 9.50. The van der Waals surface area contributed by atoms with Gasteiger partial charge in [0.2, 0.25) is 0 Å². The molecule has 3 fully saturated rings. The minimum absolute atomic E-state index is 0.399. The van der Waals surface area contributed by atoms with E-state index in [9.17, 15) is 0 Å². The second-order valence-electron chi connectivity index (χ2n) is 8.19. The molecule has 30 heavy (non-hydrogen) atoms. The van der Waals surface area contributed by atoms with Crippen LogP contribution >= 0.6 is 0 Å². The summed E-state index contributed by atoms with van der Waals surface area (Å²) >= 11 is 0. The Labute approximate surface area is 180 Å². The first-order valence-electron chi connectivity index (χ1n) is 10.8. The van der Waals surface area contributed by atoms with Crippen molar-refractivity contribution in [3.05, 3.63) is 77.9 Å². The number of fused-ring (bicyclic) bond motifs is 4. The molecule has 0 unspecified atom stereocenters. The van der Waals surface area contributed by atoms with Crippen LogP contribution in [0.1, 0.15) is 24.0 Å². The molecule has 4 nitrogen and oxygen atoms in total. The van der Waals surface area contributed by atoms with Crippen LogP contribution in [0.15, 0.2) is 66.8 Å². The quantitative estimate of drug-likeness (QED) is 0.629. The molecule has 0 aliphatic carbocycles. The predicted octanol–water partition coefficient (Wildman–Crippen LogP) is 4.62. The number of rotatable bonds is 7. The lowest BCUT2D eigenvalue weighted by molar-refractivity contribution is 0.0560. The molecule has 5 rings (SSSR count). The van der Waals surface area contributed by atoms with Gasteiger partial charge in [-0.05, 0) is 24.5 Å². The molecule has 2 bridgehead atoms. The number of piperazine rings is 1. The summed E-state index contributed by atoms with van der Waals surface area (Å²) in [6, 6.07) is 17.8. The lowest BCUT2D eigenvalue weighted by atomic mass is 9.99. The summed E-state index contributed by atoms with van der Waals surface area (Å²) in [5, 5.41) is 0. The average Bonchev–Trinajstić information content (AvgIpc) is 3.04. The second-order valence-corrected chi connectivity index (χ2v) is 8.19.